The van der Waals surface area contributed by atoms with Crippen LogP contribution in [0.2, 0.25) is 0 Å². The molecule has 2 fully saturated rings. The van der Waals surface area contributed by atoms with Gasteiger partial charge in [-0.25, -0.2) is 0 Å². The van der Waals surface area contributed by atoms with Crippen LogP contribution < -0.4 is 0 Å². The Morgan fingerprint density at radius 1 is 1.21 bits per heavy atom. The van der Waals surface area contributed by atoms with Crippen LogP contribution in [-0.4, -0.2) is 22.6 Å². The Kier molecular flexibility index (Phi) is 3.37. The van der Waals surface area contributed by atoms with Gasteiger partial charge in [-0.05, 0) is 29.8 Å². The second-order valence-corrected chi connectivity index (χ2v) is 5.67. The summed E-state index contributed by atoms with van der Waals surface area (Å²) in [6.07, 6.45) is 6.07. The monoisotopic (exact) mass is 214 g/mol. The Labute approximate surface area is 89.5 Å². The second-order valence-electron chi connectivity index (χ2n) is 4.52. The maximum absolute atomic E-state index is 11.1. The molecule has 2 nitrogen and oxygen atoms in total. The smallest absolute Gasteiger partial charge is 0.306 e. The fourth-order valence-corrected chi connectivity index (χ4v) is 4.28. The Morgan fingerprint density at radius 3 is 2.57 bits per heavy atom. The number of hydrogen-bond acceptors (Lipinski definition) is 2. The van der Waals surface area contributed by atoms with E-state index in [1.807, 2.05) is 11.8 Å². The number of thioether (sulfide) groups is 1. The van der Waals surface area contributed by atoms with Gasteiger partial charge < -0.3 is 5.11 Å². The highest BCUT2D eigenvalue weighted by atomic mass is 32.2. The maximum Gasteiger partial charge on any atom is 0.306 e. The summed E-state index contributed by atoms with van der Waals surface area (Å²) >= 11 is 1.95. The van der Waals surface area contributed by atoms with E-state index in [1.165, 1.54) is 25.7 Å². The van der Waals surface area contributed by atoms with Gasteiger partial charge in [-0.15, -0.1) is 0 Å². The molecule has 1 heterocycles. The molecule has 1 saturated carbocycles. The molecule has 2 aliphatic rings. The first-order valence-electron chi connectivity index (χ1n) is 5.59. The van der Waals surface area contributed by atoms with Gasteiger partial charge in [-0.2, -0.15) is 11.8 Å². The van der Waals surface area contributed by atoms with Crippen LogP contribution >= 0.6 is 11.8 Å². The van der Waals surface area contributed by atoms with Crippen molar-refractivity contribution in [2.24, 2.45) is 17.8 Å². The minimum absolute atomic E-state index is 0.0423. The summed E-state index contributed by atoms with van der Waals surface area (Å²) in [6.45, 7) is 0. The molecule has 2 atom stereocenters. The van der Waals surface area contributed by atoms with Crippen molar-refractivity contribution in [2.45, 2.75) is 32.1 Å². The molecule has 0 amide bonds. The van der Waals surface area contributed by atoms with Crippen LogP contribution in [0.1, 0.15) is 32.1 Å². The Balaban J connectivity index is 2.01. The minimum Gasteiger partial charge on any atom is -0.481 e. The molecule has 1 N–H and O–H groups in total. The number of rotatable bonds is 2. The van der Waals surface area contributed by atoms with Gasteiger partial charge in [0.15, 0.2) is 0 Å². The summed E-state index contributed by atoms with van der Waals surface area (Å²) in [5.41, 5.74) is 0. The molecule has 1 aliphatic heterocycles. The van der Waals surface area contributed by atoms with E-state index in [0.29, 0.717) is 11.8 Å². The van der Waals surface area contributed by atoms with Crippen molar-refractivity contribution in [1.82, 2.24) is 0 Å². The van der Waals surface area contributed by atoms with E-state index in [4.69, 9.17) is 5.11 Å². The van der Waals surface area contributed by atoms with Crippen LogP contribution in [0.3, 0.4) is 0 Å². The summed E-state index contributed by atoms with van der Waals surface area (Å²) in [5, 5.41) is 9.16. The molecule has 0 bridgehead atoms. The molecular weight excluding hydrogens is 196 g/mol. The molecule has 0 aromatic carbocycles. The molecule has 14 heavy (non-hydrogen) atoms. The maximum atomic E-state index is 11.1. The molecule has 2 unspecified atom stereocenters. The van der Waals surface area contributed by atoms with Crippen LogP contribution in [0.4, 0.5) is 0 Å². The third-order valence-electron chi connectivity index (χ3n) is 3.72. The highest BCUT2D eigenvalue weighted by Gasteiger charge is 2.37. The van der Waals surface area contributed by atoms with Crippen molar-refractivity contribution in [3.63, 3.8) is 0 Å². The average Bonchev–Trinajstić information content (AvgIpc) is 2.70. The molecule has 3 heteroatoms. The van der Waals surface area contributed by atoms with Crippen molar-refractivity contribution in [3.8, 4) is 0 Å². The van der Waals surface area contributed by atoms with Gasteiger partial charge in [0.1, 0.15) is 0 Å². The number of aliphatic carboxylic acids is 1. The molecular formula is C11H18O2S. The lowest BCUT2D eigenvalue weighted by molar-refractivity contribution is -0.144. The van der Waals surface area contributed by atoms with E-state index in [1.54, 1.807) is 0 Å². The lowest BCUT2D eigenvalue weighted by atomic mass is 9.80. The summed E-state index contributed by atoms with van der Waals surface area (Å²) in [5.74, 6) is 2.71. The number of carbonyl (C=O) groups is 1. The third kappa shape index (κ3) is 2.08. The standard InChI is InChI=1S/C11H18O2S/c12-11(13)9-5-6-14-7-10(9)8-3-1-2-4-8/h8-10H,1-7H2,(H,12,13). The lowest BCUT2D eigenvalue weighted by Crippen LogP contribution is -2.33. The number of carboxylic acids is 1. The first-order valence-corrected chi connectivity index (χ1v) is 6.75. The van der Waals surface area contributed by atoms with Crippen LogP contribution in [0.25, 0.3) is 0 Å². The van der Waals surface area contributed by atoms with E-state index in [9.17, 15) is 4.79 Å². The Morgan fingerprint density at radius 2 is 1.93 bits per heavy atom. The molecule has 0 aromatic rings. The molecule has 0 radical (unpaired) electrons. The van der Waals surface area contributed by atoms with E-state index >= 15 is 0 Å². The normalized spacial score (nSPS) is 34.6. The highest BCUT2D eigenvalue weighted by Crippen LogP contribution is 2.41. The van der Waals surface area contributed by atoms with E-state index in [-0.39, 0.29) is 5.92 Å². The summed E-state index contributed by atoms with van der Waals surface area (Å²) in [6, 6.07) is 0. The zero-order valence-electron chi connectivity index (χ0n) is 8.45. The summed E-state index contributed by atoms with van der Waals surface area (Å²) in [4.78, 5) is 11.1. The topological polar surface area (TPSA) is 37.3 Å². The molecule has 1 saturated heterocycles. The number of carboxylic acid groups (broad SMARTS) is 1. The quantitative estimate of drug-likeness (QED) is 0.767. The minimum atomic E-state index is -0.554. The average molecular weight is 214 g/mol. The van der Waals surface area contributed by atoms with E-state index in [2.05, 4.69) is 0 Å². The predicted octanol–water partition coefficient (Wildman–Crippen LogP) is 2.63. The fourth-order valence-electron chi connectivity index (χ4n) is 2.92. The molecule has 1 aliphatic carbocycles. The zero-order valence-corrected chi connectivity index (χ0v) is 9.26. The zero-order chi connectivity index (χ0) is 9.97. The van der Waals surface area contributed by atoms with Gasteiger partial charge in [0.25, 0.3) is 0 Å². The van der Waals surface area contributed by atoms with Gasteiger partial charge in [0.05, 0.1) is 5.92 Å². The summed E-state index contributed by atoms with van der Waals surface area (Å²) < 4.78 is 0. The van der Waals surface area contributed by atoms with Gasteiger partial charge >= 0.3 is 5.97 Å². The van der Waals surface area contributed by atoms with Gasteiger partial charge in [0, 0.05) is 0 Å². The van der Waals surface area contributed by atoms with Crippen molar-refractivity contribution >= 4 is 17.7 Å². The second kappa shape index (κ2) is 4.56. The first-order chi connectivity index (χ1) is 6.79. The SMILES string of the molecule is O=C(O)C1CCSCC1C1CCCC1. The lowest BCUT2D eigenvalue weighted by Gasteiger charge is -2.32. The van der Waals surface area contributed by atoms with Crippen molar-refractivity contribution in [1.29, 1.82) is 0 Å². The first kappa shape index (κ1) is 10.3. The Bertz CT molecular complexity index is 211. The van der Waals surface area contributed by atoms with E-state index < -0.39 is 5.97 Å². The third-order valence-corrected chi connectivity index (χ3v) is 4.87. The largest absolute Gasteiger partial charge is 0.481 e. The molecule has 0 spiro atoms. The predicted molar refractivity (Wildman–Crippen MR) is 58.5 cm³/mol. The van der Waals surface area contributed by atoms with Gasteiger partial charge in [0.2, 0.25) is 0 Å². The van der Waals surface area contributed by atoms with Crippen LogP contribution in [0, 0.1) is 17.8 Å². The van der Waals surface area contributed by atoms with Gasteiger partial charge in [-0.1, -0.05) is 25.7 Å². The summed E-state index contributed by atoms with van der Waals surface area (Å²) in [7, 11) is 0. The van der Waals surface area contributed by atoms with Crippen LogP contribution in [-0.2, 0) is 4.79 Å². The van der Waals surface area contributed by atoms with Gasteiger partial charge in [-0.3, -0.25) is 4.79 Å². The fraction of sp³-hybridized carbons (Fsp3) is 0.909. The number of hydrogen-bond donors (Lipinski definition) is 1. The molecule has 0 aromatic heterocycles. The van der Waals surface area contributed by atoms with Crippen LogP contribution in [0.5, 0.6) is 0 Å². The van der Waals surface area contributed by atoms with Crippen molar-refractivity contribution < 1.29 is 9.90 Å². The van der Waals surface area contributed by atoms with Crippen molar-refractivity contribution in [2.75, 3.05) is 11.5 Å². The molecule has 80 valence electrons. The highest BCUT2D eigenvalue weighted by molar-refractivity contribution is 7.99. The van der Waals surface area contributed by atoms with Crippen molar-refractivity contribution in [3.05, 3.63) is 0 Å². The van der Waals surface area contributed by atoms with Crippen LogP contribution in [0.15, 0.2) is 0 Å². The Hall–Kier alpha value is -0.180. The van der Waals surface area contributed by atoms with E-state index in [0.717, 1.165) is 17.9 Å². The molecule has 2 rings (SSSR count).